The first-order valence-electron chi connectivity index (χ1n) is 10.2. The zero-order chi connectivity index (χ0) is 22.2. The van der Waals surface area contributed by atoms with E-state index in [1.165, 1.54) is 22.7 Å². The largest absolute Gasteiger partial charge is 0.337 e. The second-order valence-electron chi connectivity index (χ2n) is 7.71. The Morgan fingerprint density at radius 3 is 2.75 bits per heavy atom. The molecular weight excluding hydrogens is 468 g/mol. The number of fused-ring (bicyclic) bond motifs is 1. The molecule has 1 N–H and O–H groups in total. The van der Waals surface area contributed by atoms with Crippen molar-refractivity contribution in [3.8, 4) is 0 Å². The third-order valence-corrected chi connectivity index (χ3v) is 7.74. The van der Waals surface area contributed by atoms with Crippen LogP contribution in [0.5, 0.6) is 0 Å². The average Bonchev–Trinajstić information content (AvgIpc) is 3.53. The third-order valence-electron chi connectivity index (χ3n) is 5.62. The fourth-order valence-electron chi connectivity index (χ4n) is 4.01. The van der Waals surface area contributed by atoms with E-state index in [0.717, 1.165) is 16.3 Å². The van der Waals surface area contributed by atoms with E-state index in [1.54, 1.807) is 40.1 Å². The van der Waals surface area contributed by atoms with Crippen LogP contribution < -0.4 is 10.2 Å². The number of thiazole rings is 1. The summed E-state index contributed by atoms with van der Waals surface area (Å²) in [5, 5.41) is 5.86. The third kappa shape index (κ3) is 4.15. The smallest absolute Gasteiger partial charge is 0.267 e. The molecule has 2 aliphatic rings. The lowest BCUT2D eigenvalue weighted by Gasteiger charge is -2.28. The van der Waals surface area contributed by atoms with E-state index in [0.29, 0.717) is 41.1 Å². The number of nitrogens with zero attached hydrogens (tertiary/aromatic N) is 3. The maximum absolute atomic E-state index is 13.2. The molecule has 1 atom stereocenters. The Morgan fingerprint density at radius 2 is 2.00 bits per heavy atom. The molecule has 5 rings (SSSR count). The van der Waals surface area contributed by atoms with Gasteiger partial charge in [0.1, 0.15) is 0 Å². The molecule has 2 aliphatic heterocycles. The Morgan fingerprint density at radius 1 is 1.19 bits per heavy atom. The van der Waals surface area contributed by atoms with E-state index >= 15 is 0 Å². The molecule has 1 aromatic carbocycles. The molecule has 2 aromatic heterocycles. The first-order chi connectivity index (χ1) is 15.5. The van der Waals surface area contributed by atoms with Gasteiger partial charge in [-0.2, -0.15) is 0 Å². The van der Waals surface area contributed by atoms with Gasteiger partial charge in [0.05, 0.1) is 23.0 Å². The summed E-state index contributed by atoms with van der Waals surface area (Å²) in [6.45, 7) is 1.37. The maximum Gasteiger partial charge on any atom is 0.267 e. The monoisotopic (exact) mass is 486 g/mol. The minimum Gasteiger partial charge on any atom is -0.337 e. The summed E-state index contributed by atoms with van der Waals surface area (Å²) in [5.74, 6) is -0.616. The van der Waals surface area contributed by atoms with Crippen LogP contribution in [0.25, 0.3) is 0 Å². The second kappa shape index (κ2) is 8.65. The maximum atomic E-state index is 13.2. The molecule has 0 spiro atoms. The van der Waals surface area contributed by atoms with Crippen LogP contribution in [-0.2, 0) is 22.6 Å². The fourth-order valence-corrected chi connectivity index (χ4v) is 5.77. The molecule has 4 heterocycles. The minimum absolute atomic E-state index is 0.0157. The highest BCUT2D eigenvalue weighted by molar-refractivity contribution is 7.16. The highest BCUT2D eigenvalue weighted by atomic mass is 35.5. The van der Waals surface area contributed by atoms with Crippen LogP contribution in [-0.4, -0.2) is 40.7 Å². The molecule has 0 bridgehead atoms. The highest BCUT2D eigenvalue weighted by Crippen LogP contribution is 2.32. The standard InChI is InChI=1S/C22H19ClN4O3S2/c23-14-3-5-15(6-4-14)27-11-13(10-19(27)28)21(30)26-8-7-16-18(12-26)32-22(24-16)25-20(29)17-2-1-9-31-17/h1-6,9,13H,7-8,10-12H2,(H,24,25,29). The second-order valence-corrected chi connectivity index (χ2v) is 10.2. The molecule has 3 amide bonds. The fraction of sp³-hybridized carbons (Fsp3) is 0.273. The number of thiophene rings is 1. The molecule has 32 heavy (non-hydrogen) atoms. The Balaban J connectivity index is 1.24. The SMILES string of the molecule is O=C(Nc1nc2c(s1)CN(C(=O)C1CC(=O)N(c3ccc(Cl)cc3)C1)CC2)c1cccs1. The Labute approximate surface area is 197 Å². The highest BCUT2D eigenvalue weighted by Gasteiger charge is 2.38. The molecule has 10 heteroatoms. The van der Waals surface area contributed by atoms with Gasteiger partial charge >= 0.3 is 0 Å². The van der Waals surface area contributed by atoms with Gasteiger partial charge in [-0.05, 0) is 35.7 Å². The molecule has 0 aliphatic carbocycles. The molecule has 164 valence electrons. The van der Waals surface area contributed by atoms with Crippen LogP contribution in [0.3, 0.4) is 0 Å². The van der Waals surface area contributed by atoms with Gasteiger partial charge in [0, 0.05) is 41.5 Å². The van der Waals surface area contributed by atoms with Crippen molar-refractivity contribution in [3.05, 3.63) is 62.2 Å². The van der Waals surface area contributed by atoms with Crippen molar-refractivity contribution in [1.82, 2.24) is 9.88 Å². The van der Waals surface area contributed by atoms with E-state index in [2.05, 4.69) is 10.3 Å². The number of aromatic nitrogens is 1. The van der Waals surface area contributed by atoms with Crippen molar-refractivity contribution >= 4 is 62.8 Å². The number of rotatable bonds is 4. The van der Waals surface area contributed by atoms with Crippen molar-refractivity contribution in [3.63, 3.8) is 0 Å². The van der Waals surface area contributed by atoms with Crippen molar-refractivity contribution in [1.29, 1.82) is 0 Å². The van der Waals surface area contributed by atoms with Crippen LogP contribution >= 0.6 is 34.3 Å². The van der Waals surface area contributed by atoms with Crippen LogP contribution in [0.1, 0.15) is 26.7 Å². The van der Waals surface area contributed by atoms with Gasteiger partial charge in [-0.3, -0.25) is 19.7 Å². The number of hydrogen-bond donors (Lipinski definition) is 1. The lowest BCUT2D eigenvalue weighted by Crippen LogP contribution is -2.40. The zero-order valence-corrected chi connectivity index (χ0v) is 19.3. The molecule has 1 unspecified atom stereocenters. The number of carbonyl (C=O) groups excluding carboxylic acids is 3. The predicted octanol–water partition coefficient (Wildman–Crippen LogP) is 4.05. The van der Waals surface area contributed by atoms with Gasteiger partial charge in [0.2, 0.25) is 11.8 Å². The van der Waals surface area contributed by atoms with E-state index in [1.807, 2.05) is 11.4 Å². The van der Waals surface area contributed by atoms with Gasteiger partial charge in [0.15, 0.2) is 5.13 Å². The zero-order valence-electron chi connectivity index (χ0n) is 16.9. The summed E-state index contributed by atoms with van der Waals surface area (Å²) >= 11 is 8.72. The number of amides is 3. The van der Waals surface area contributed by atoms with Crippen molar-refractivity contribution < 1.29 is 14.4 Å². The number of carbonyl (C=O) groups is 3. The molecule has 1 saturated heterocycles. The lowest BCUT2D eigenvalue weighted by atomic mass is 10.1. The van der Waals surface area contributed by atoms with E-state index in [-0.39, 0.29) is 30.1 Å². The Bertz CT molecular complexity index is 1180. The van der Waals surface area contributed by atoms with E-state index in [4.69, 9.17) is 11.6 Å². The summed E-state index contributed by atoms with van der Waals surface area (Å²) in [7, 11) is 0. The first kappa shape index (κ1) is 21.1. The quantitative estimate of drug-likeness (QED) is 0.603. The summed E-state index contributed by atoms with van der Waals surface area (Å²) in [5.41, 5.74) is 1.68. The number of nitrogens with one attached hydrogen (secondary N) is 1. The predicted molar refractivity (Wildman–Crippen MR) is 125 cm³/mol. The van der Waals surface area contributed by atoms with Crippen LogP contribution in [0.2, 0.25) is 5.02 Å². The Kier molecular flexibility index (Phi) is 5.71. The molecule has 0 radical (unpaired) electrons. The van der Waals surface area contributed by atoms with Crippen LogP contribution in [0.15, 0.2) is 41.8 Å². The minimum atomic E-state index is -0.370. The van der Waals surface area contributed by atoms with Crippen LogP contribution in [0.4, 0.5) is 10.8 Å². The van der Waals surface area contributed by atoms with Gasteiger partial charge in [-0.15, -0.1) is 11.3 Å². The normalized spacial score (nSPS) is 18.0. The topological polar surface area (TPSA) is 82.6 Å². The van der Waals surface area contributed by atoms with Gasteiger partial charge < -0.3 is 9.80 Å². The summed E-state index contributed by atoms with van der Waals surface area (Å²) < 4.78 is 0. The summed E-state index contributed by atoms with van der Waals surface area (Å²) in [6.07, 6.45) is 0.837. The van der Waals surface area contributed by atoms with Gasteiger partial charge in [0.25, 0.3) is 5.91 Å². The molecule has 7 nitrogen and oxygen atoms in total. The van der Waals surface area contributed by atoms with E-state index < -0.39 is 0 Å². The van der Waals surface area contributed by atoms with Gasteiger partial charge in [-0.25, -0.2) is 4.98 Å². The van der Waals surface area contributed by atoms with Crippen molar-refractivity contribution in [2.75, 3.05) is 23.3 Å². The number of hydrogen-bond acceptors (Lipinski definition) is 6. The van der Waals surface area contributed by atoms with E-state index in [9.17, 15) is 14.4 Å². The van der Waals surface area contributed by atoms with Crippen molar-refractivity contribution in [2.45, 2.75) is 19.4 Å². The first-order valence-corrected chi connectivity index (χ1v) is 12.2. The number of anilines is 2. The van der Waals surface area contributed by atoms with Gasteiger partial charge in [-0.1, -0.05) is 29.0 Å². The molecule has 3 aromatic rings. The summed E-state index contributed by atoms with van der Waals surface area (Å²) in [4.78, 5) is 47.6. The number of halogens is 1. The molecule has 1 fully saturated rings. The molecule has 0 saturated carbocycles. The van der Waals surface area contributed by atoms with Crippen LogP contribution in [0, 0.1) is 5.92 Å². The summed E-state index contributed by atoms with van der Waals surface area (Å²) in [6, 6.07) is 10.7. The number of benzene rings is 1. The Hall–Kier alpha value is -2.75. The van der Waals surface area contributed by atoms with Crippen molar-refractivity contribution in [2.24, 2.45) is 5.92 Å². The molecular formula is C22H19ClN4O3S2. The average molecular weight is 487 g/mol. The lowest BCUT2D eigenvalue weighted by molar-refractivity contribution is -0.136.